The molecule has 7 heteroatoms. The zero-order valence-corrected chi connectivity index (χ0v) is 17.0. The Morgan fingerprint density at radius 2 is 1.32 bits per heavy atom. The molecule has 0 spiro atoms. The summed E-state index contributed by atoms with van der Waals surface area (Å²) in [5.74, 6) is -0.608. The largest absolute Gasteiger partial charge is 0.464 e. The van der Waals surface area contributed by atoms with Gasteiger partial charge >= 0.3 is 11.9 Å². The third-order valence-electron chi connectivity index (χ3n) is 5.21. The molecule has 0 aromatic carbocycles. The molecule has 2 rings (SSSR count). The van der Waals surface area contributed by atoms with Gasteiger partial charge in [-0.1, -0.05) is 49.3 Å². The van der Waals surface area contributed by atoms with E-state index in [1.165, 1.54) is 31.1 Å². The molecular weight excluding hydrogens is 360 g/mol. The molecule has 0 aliphatic heterocycles. The van der Waals surface area contributed by atoms with E-state index in [1.807, 2.05) is 0 Å². The number of rotatable bonds is 7. The molecule has 144 valence electrons. The second-order valence-electron chi connectivity index (χ2n) is 7.37. The lowest BCUT2D eigenvalue weighted by atomic mass is 9.89. The molecule has 0 saturated heterocycles. The van der Waals surface area contributed by atoms with E-state index in [0.717, 1.165) is 57.8 Å². The van der Waals surface area contributed by atoms with Crippen LogP contribution in [-0.4, -0.2) is 38.9 Å². The van der Waals surface area contributed by atoms with Crippen LogP contribution >= 0.6 is 10.8 Å². The van der Waals surface area contributed by atoms with E-state index in [9.17, 15) is 13.8 Å². The highest BCUT2D eigenvalue weighted by atomic mass is 33.1. The minimum atomic E-state index is -1.18. The second-order valence-corrected chi connectivity index (χ2v) is 11.1. The number of hydrogen-bond donors (Lipinski definition) is 0. The van der Waals surface area contributed by atoms with Gasteiger partial charge in [-0.05, 0) is 25.7 Å². The van der Waals surface area contributed by atoms with E-state index in [4.69, 9.17) is 9.47 Å². The van der Waals surface area contributed by atoms with Crippen LogP contribution in [0.15, 0.2) is 0 Å². The van der Waals surface area contributed by atoms with Gasteiger partial charge in [0.1, 0.15) is 13.2 Å². The fourth-order valence-electron chi connectivity index (χ4n) is 3.72. The quantitative estimate of drug-likeness (QED) is 0.485. The summed E-state index contributed by atoms with van der Waals surface area (Å²) >= 11 is 0. The minimum absolute atomic E-state index is 0.228. The van der Waals surface area contributed by atoms with Gasteiger partial charge < -0.3 is 9.47 Å². The van der Waals surface area contributed by atoms with Gasteiger partial charge in [0.15, 0.2) is 0 Å². The molecule has 0 radical (unpaired) electrons. The van der Waals surface area contributed by atoms with Crippen molar-refractivity contribution in [1.82, 2.24) is 0 Å². The Kier molecular flexibility index (Phi) is 7.80. The highest BCUT2D eigenvalue weighted by molar-refractivity contribution is 8.70. The smallest absolute Gasteiger partial charge is 0.302 e. The maximum atomic E-state index is 13.4. The molecule has 2 aliphatic carbocycles. The Hall–Kier alpha value is -0.560. The number of carbonyl (C=O) groups excluding carboxylic acids is 2. The van der Waals surface area contributed by atoms with E-state index in [-0.39, 0.29) is 23.3 Å². The monoisotopic (exact) mass is 390 g/mol. The van der Waals surface area contributed by atoms with Crippen LogP contribution in [0, 0.1) is 0 Å². The van der Waals surface area contributed by atoms with Crippen molar-refractivity contribution in [2.75, 3.05) is 13.2 Å². The van der Waals surface area contributed by atoms with Crippen LogP contribution in [0.25, 0.3) is 0 Å². The van der Waals surface area contributed by atoms with Crippen LogP contribution in [0.1, 0.15) is 78.1 Å². The summed E-state index contributed by atoms with van der Waals surface area (Å²) in [5, 5.41) is 0. The van der Waals surface area contributed by atoms with Crippen LogP contribution in [0.4, 0.5) is 0 Å². The predicted octanol–water partition coefficient (Wildman–Crippen LogP) is 3.92. The van der Waals surface area contributed by atoms with Crippen molar-refractivity contribution in [3.8, 4) is 0 Å². The van der Waals surface area contributed by atoms with E-state index >= 15 is 0 Å². The van der Waals surface area contributed by atoms with Crippen molar-refractivity contribution in [3.05, 3.63) is 0 Å². The van der Waals surface area contributed by atoms with E-state index in [1.54, 1.807) is 0 Å². The standard InChI is InChI=1S/C18H30O5S2/c1-15(19)22-13-17(9-5-3-6-10-17)24-25(21)18(14-23-16(2)20)11-7-4-8-12-18/h3-14H2,1-2H3. The maximum absolute atomic E-state index is 13.4. The summed E-state index contributed by atoms with van der Waals surface area (Å²) in [6, 6.07) is 0. The molecule has 2 fully saturated rings. The van der Waals surface area contributed by atoms with Crippen molar-refractivity contribution in [2.45, 2.75) is 87.5 Å². The van der Waals surface area contributed by atoms with Crippen LogP contribution < -0.4 is 0 Å². The SMILES string of the molecule is CC(=O)OCC1(SS(=O)C2(COC(C)=O)CCCCC2)CCCCC1. The van der Waals surface area contributed by atoms with Gasteiger partial charge in [0.2, 0.25) is 0 Å². The molecule has 1 atom stereocenters. The molecule has 2 saturated carbocycles. The fraction of sp³-hybridized carbons (Fsp3) is 0.889. The van der Waals surface area contributed by atoms with Crippen LogP contribution in [-0.2, 0) is 28.9 Å². The lowest BCUT2D eigenvalue weighted by molar-refractivity contribution is -0.143. The Balaban J connectivity index is 2.12. The minimum Gasteiger partial charge on any atom is -0.464 e. The Morgan fingerprint density at radius 1 is 0.840 bits per heavy atom. The molecular formula is C18H30O5S2. The third-order valence-corrected chi connectivity index (χ3v) is 10.1. The van der Waals surface area contributed by atoms with Gasteiger partial charge in [0.05, 0.1) is 19.3 Å². The average Bonchev–Trinajstić information content (AvgIpc) is 2.60. The normalized spacial score (nSPS) is 23.4. The topological polar surface area (TPSA) is 69.7 Å². The van der Waals surface area contributed by atoms with E-state index < -0.39 is 14.6 Å². The summed E-state index contributed by atoms with van der Waals surface area (Å²) in [5.41, 5.74) is 0. The first kappa shape index (κ1) is 20.7. The zero-order chi connectivity index (χ0) is 18.3. The Bertz CT molecular complexity index is 494. The van der Waals surface area contributed by atoms with Crippen LogP contribution in [0.3, 0.4) is 0 Å². The van der Waals surface area contributed by atoms with E-state index in [0.29, 0.717) is 6.61 Å². The summed E-state index contributed by atoms with van der Waals surface area (Å²) in [6.07, 6.45) is 9.98. The van der Waals surface area contributed by atoms with Crippen molar-refractivity contribution in [2.24, 2.45) is 0 Å². The summed E-state index contributed by atoms with van der Waals surface area (Å²) in [7, 11) is 0.286. The van der Waals surface area contributed by atoms with E-state index in [2.05, 4.69) is 0 Å². The first-order valence-electron chi connectivity index (χ1n) is 9.26. The highest BCUT2D eigenvalue weighted by Gasteiger charge is 2.45. The van der Waals surface area contributed by atoms with Crippen molar-refractivity contribution in [1.29, 1.82) is 0 Å². The third kappa shape index (κ3) is 5.98. The number of ether oxygens (including phenoxy) is 2. The van der Waals surface area contributed by atoms with Crippen LogP contribution in [0.2, 0.25) is 0 Å². The summed E-state index contributed by atoms with van der Waals surface area (Å²) in [4.78, 5) is 22.6. The predicted molar refractivity (Wildman–Crippen MR) is 101 cm³/mol. The summed E-state index contributed by atoms with van der Waals surface area (Å²) < 4.78 is 23.3. The van der Waals surface area contributed by atoms with Gasteiger partial charge in [0, 0.05) is 13.8 Å². The summed E-state index contributed by atoms with van der Waals surface area (Å²) in [6.45, 7) is 3.37. The van der Waals surface area contributed by atoms with Crippen molar-refractivity contribution >= 4 is 32.6 Å². The lowest BCUT2D eigenvalue weighted by Gasteiger charge is -2.40. The average molecular weight is 391 g/mol. The first-order valence-corrected chi connectivity index (χ1v) is 11.7. The molecule has 1 unspecified atom stereocenters. The molecule has 5 nitrogen and oxygen atoms in total. The van der Waals surface area contributed by atoms with Gasteiger partial charge in [-0.3, -0.25) is 9.59 Å². The van der Waals surface area contributed by atoms with Gasteiger partial charge in [-0.2, -0.15) is 0 Å². The zero-order valence-electron chi connectivity index (χ0n) is 15.3. The Labute approximate surface area is 156 Å². The molecule has 25 heavy (non-hydrogen) atoms. The Morgan fingerprint density at radius 3 is 1.84 bits per heavy atom. The molecule has 0 heterocycles. The van der Waals surface area contributed by atoms with Crippen LogP contribution in [0.5, 0.6) is 0 Å². The maximum Gasteiger partial charge on any atom is 0.302 e. The lowest BCUT2D eigenvalue weighted by Crippen LogP contribution is -2.44. The molecule has 0 N–H and O–H groups in total. The van der Waals surface area contributed by atoms with Crippen molar-refractivity contribution < 1.29 is 23.3 Å². The molecule has 2 aliphatic rings. The molecule has 0 aromatic heterocycles. The van der Waals surface area contributed by atoms with Gasteiger partial charge in [-0.25, -0.2) is 4.21 Å². The second kappa shape index (κ2) is 9.40. The number of carbonyl (C=O) groups is 2. The van der Waals surface area contributed by atoms with Gasteiger partial charge in [0.25, 0.3) is 0 Å². The molecule has 0 bridgehead atoms. The van der Waals surface area contributed by atoms with Crippen molar-refractivity contribution in [3.63, 3.8) is 0 Å². The number of hydrogen-bond acceptors (Lipinski definition) is 6. The van der Waals surface area contributed by atoms with Gasteiger partial charge in [-0.15, -0.1) is 0 Å². The number of esters is 2. The highest BCUT2D eigenvalue weighted by Crippen LogP contribution is 2.47. The first-order chi connectivity index (χ1) is 11.9. The molecule has 0 aromatic rings. The fourth-order valence-corrected chi connectivity index (χ4v) is 8.34. The molecule has 0 amide bonds.